The molecule has 0 amide bonds. The number of hydrogen-bond acceptors (Lipinski definition) is 7. The molecule has 4 aromatic rings. The molecule has 0 N–H and O–H groups in total. The van der Waals surface area contributed by atoms with Crippen LogP contribution < -0.4 is 14.7 Å². The Bertz CT molecular complexity index is 2260. The van der Waals surface area contributed by atoms with Gasteiger partial charge in [-0.05, 0) is 37.8 Å². The van der Waals surface area contributed by atoms with Gasteiger partial charge in [0.25, 0.3) is 0 Å². The largest absolute Gasteiger partial charge is 0.507 e. The summed E-state index contributed by atoms with van der Waals surface area (Å²) in [6, 6.07) is 39.6. The molecular formula is C44H33IrN9-6. The van der Waals surface area contributed by atoms with Crippen molar-refractivity contribution in [1.82, 2.24) is 14.7 Å². The smallest absolute Gasteiger partial charge is 0.236 e. The van der Waals surface area contributed by atoms with Gasteiger partial charge >= 0.3 is 0 Å². The predicted molar refractivity (Wildman–Crippen MR) is 203 cm³/mol. The third-order valence-electron chi connectivity index (χ3n) is 10.3. The van der Waals surface area contributed by atoms with Gasteiger partial charge in [-0.1, -0.05) is 44.4 Å². The second-order valence-corrected chi connectivity index (χ2v) is 13.5. The van der Waals surface area contributed by atoms with Crippen molar-refractivity contribution in [3.63, 3.8) is 0 Å². The number of rotatable bonds is 7. The van der Waals surface area contributed by atoms with Crippen molar-refractivity contribution in [2.45, 2.75) is 25.4 Å². The van der Waals surface area contributed by atoms with E-state index >= 15 is 0 Å². The van der Waals surface area contributed by atoms with Crippen LogP contribution in [0.25, 0.3) is 9.69 Å². The van der Waals surface area contributed by atoms with Crippen LogP contribution in [-0.4, -0.2) is 40.5 Å². The van der Waals surface area contributed by atoms with Gasteiger partial charge in [0.2, 0.25) is 11.6 Å². The Kier molecular flexibility index (Phi) is 9.45. The zero-order valence-corrected chi connectivity index (χ0v) is 31.6. The molecule has 1 unspecified atom stereocenters. The fraction of sp³-hybridized carbons (Fsp3) is 0.159. The first-order chi connectivity index (χ1) is 26.1. The third-order valence-corrected chi connectivity index (χ3v) is 10.3. The van der Waals surface area contributed by atoms with Gasteiger partial charge in [-0.25, -0.2) is 0 Å². The minimum atomic E-state index is -0.128. The van der Waals surface area contributed by atoms with Crippen molar-refractivity contribution in [3.05, 3.63) is 209 Å². The molecule has 0 aromatic heterocycles. The van der Waals surface area contributed by atoms with Crippen molar-refractivity contribution in [1.29, 1.82) is 5.26 Å². The summed E-state index contributed by atoms with van der Waals surface area (Å²) in [6.07, 6.45) is 8.09. The summed E-state index contributed by atoms with van der Waals surface area (Å²) >= 11 is 0. The molecule has 2 bridgehead atoms. The number of nitriles is 1. The van der Waals surface area contributed by atoms with E-state index in [0.29, 0.717) is 30.3 Å². The molecule has 9 nitrogen and oxygen atoms in total. The number of benzene rings is 4. The van der Waals surface area contributed by atoms with Crippen LogP contribution in [-0.2, 0) is 32.9 Å². The van der Waals surface area contributed by atoms with Gasteiger partial charge in [0, 0.05) is 44.7 Å². The van der Waals surface area contributed by atoms with E-state index < -0.39 is 0 Å². The molecule has 10 heteroatoms. The summed E-state index contributed by atoms with van der Waals surface area (Å²) in [5.74, 6) is 3.61. The van der Waals surface area contributed by atoms with Gasteiger partial charge in [0.1, 0.15) is 17.9 Å². The zero-order chi connectivity index (χ0) is 35.9. The first-order valence-electron chi connectivity index (χ1n) is 17.6. The minimum Gasteiger partial charge on any atom is -0.507 e. The zero-order valence-electron chi connectivity index (χ0n) is 29.2. The molecule has 269 valence electrons. The summed E-state index contributed by atoms with van der Waals surface area (Å²) in [5, 5.41) is 9.87. The number of anilines is 3. The fourth-order valence-corrected chi connectivity index (χ4v) is 7.93. The molecule has 5 aliphatic heterocycles. The second kappa shape index (κ2) is 14.6. The van der Waals surface area contributed by atoms with Crippen molar-refractivity contribution >= 4 is 17.1 Å². The molecule has 9 rings (SSSR count). The second-order valence-electron chi connectivity index (χ2n) is 13.5. The Hall–Kier alpha value is -6.24. The first-order valence-corrected chi connectivity index (χ1v) is 17.6. The van der Waals surface area contributed by atoms with E-state index in [-0.39, 0.29) is 26.3 Å². The summed E-state index contributed by atoms with van der Waals surface area (Å²) in [6.45, 7) is 22.2. The Morgan fingerprint density at radius 1 is 0.852 bits per heavy atom. The van der Waals surface area contributed by atoms with E-state index in [2.05, 4.69) is 90.0 Å². The number of nitrogens with zero attached hydrogens (tertiary/aromatic N) is 9. The van der Waals surface area contributed by atoms with Crippen LogP contribution in [0.1, 0.15) is 28.7 Å². The maximum absolute atomic E-state index is 9.87. The maximum Gasteiger partial charge on any atom is 0.236 e. The number of hydrogen-bond donors (Lipinski definition) is 0. The van der Waals surface area contributed by atoms with E-state index in [9.17, 15) is 5.26 Å². The van der Waals surface area contributed by atoms with Gasteiger partial charge in [-0.3, -0.25) is 0 Å². The predicted octanol–water partition coefficient (Wildman–Crippen LogP) is 7.46. The standard InChI is InChI=1S/C44H33N9.Ir/c1-46-42-28-49(31-52(42)37-13-7-4-8-14-37)26-35-24-40-34-22-32(17-19-48-27-38(25-45)51(30-48)36-11-5-3-6-12-36)21-33(23-34)18-20-50-29-43(47-2)53(44(40)50)41-16-10-9-15-39(35)41;/h3-11,13,15-16,21-23,27-31,44H,17-20,24,26H2;/q-6;. The fourth-order valence-electron chi connectivity index (χ4n) is 7.93. The van der Waals surface area contributed by atoms with E-state index in [1.807, 2.05) is 90.3 Å². The van der Waals surface area contributed by atoms with Crippen LogP contribution in [0.15, 0.2) is 127 Å². The van der Waals surface area contributed by atoms with Gasteiger partial charge in [-0.15, -0.1) is 46.5 Å². The average molecular weight is 880 g/mol. The monoisotopic (exact) mass is 880 g/mol. The quantitative estimate of drug-likeness (QED) is 0.179. The van der Waals surface area contributed by atoms with Gasteiger partial charge in [0.05, 0.1) is 0 Å². The number of fused-ring (bicyclic) bond motifs is 5. The van der Waals surface area contributed by atoms with Crippen LogP contribution >= 0.6 is 0 Å². The van der Waals surface area contributed by atoms with Gasteiger partial charge in [0.15, 0.2) is 0 Å². The molecule has 0 fully saturated rings. The first kappa shape index (κ1) is 34.8. The average Bonchev–Trinajstić information content (AvgIpc) is 3.90. The van der Waals surface area contributed by atoms with Crippen LogP contribution in [0.2, 0.25) is 0 Å². The minimum absolute atomic E-state index is 0. The molecule has 54 heavy (non-hydrogen) atoms. The van der Waals surface area contributed by atoms with Crippen LogP contribution in [0.5, 0.6) is 0 Å². The molecule has 0 saturated heterocycles. The molecule has 0 saturated carbocycles. The van der Waals surface area contributed by atoms with E-state index in [1.54, 1.807) is 0 Å². The Labute approximate surface area is 330 Å². The molecule has 0 aliphatic carbocycles. The molecule has 1 atom stereocenters. The van der Waals surface area contributed by atoms with Crippen LogP contribution in [0.3, 0.4) is 0 Å². The van der Waals surface area contributed by atoms with E-state index in [1.165, 1.54) is 28.5 Å². The van der Waals surface area contributed by atoms with Gasteiger partial charge in [-0.2, -0.15) is 90.1 Å². The van der Waals surface area contributed by atoms with E-state index in [0.717, 1.165) is 48.6 Å². The molecule has 5 heterocycles. The summed E-state index contributed by atoms with van der Waals surface area (Å²) in [4.78, 5) is 20.4. The maximum atomic E-state index is 9.87. The third kappa shape index (κ3) is 6.29. The van der Waals surface area contributed by atoms with Crippen LogP contribution in [0, 0.1) is 61.8 Å². The molecule has 0 spiro atoms. The molecule has 1 radical (unpaired) electrons. The van der Waals surface area contributed by atoms with Crippen molar-refractivity contribution < 1.29 is 20.1 Å². The van der Waals surface area contributed by atoms with Crippen molar-refractivity contribution in [3.8, 4) is 6.07 Å². The number of allylic oxidation sites excluding steroid dienone is 1. The molecular weight excluding hydrogens is 847 g/mol. The Balaban J connectivity index is 0.00000413. The Morgan fingerprint density at radius 2 is 1.59 bits per heavy atom. The van der Waals surface area contributed by atoms with Crippen molar-refractivity contribution in [2.75, 3.05) is 34.3 Å². The summed E-state index contributed by atoms with van der Waals surface area (Å²) in [5.41, 5.74) is 8.05. The molecule has 5 aliphatic rings. The molecule has 4 aromatic carbocycles. The normalized spacial score (nSPS) is 18.2. The summed E-state index contributed by atoms with van der Waals surface area (Å²) in [7, 11) is 0. The van der Waals surface area contributed by atoms with Gasteiger partial charge < -0.3 is 39.1 Å². The van der Waals surface area contributed by atoms with Crippen LogP contribution in [0.4, 0.5) is 17.1 Å². The SMILES string of the molecule is [C-]#[N+]C1=CN(C[C-]2C[C-]3c4cc(CCN5C=C(C#N)N(c6[c-]cccc6)[CH-]5)cc(c4)CCN4C=C([N+]#[C-])N(c5ccccc52)C34)[CH-]N1c1[c-]cccc1.[Ir]. The number of para-hydroxylation sites is 3. The van der Waals surface area contributed by atoms with E-state index in [4.69, 9.17) is 13.1 Å². The topological polar surface area (TPSA) is 52.0 Å². The summed E-state index contributed by atoms with van der Waals surface area (Å²) < 4.78 is 0. The van der Waals surface area contributed by atoms with Crippen molar-refractivity contribution in [2.24, 2.45) is 0 Å². The Morgan fingerprint density at radius 3 is 2.33 bits per heavy atom.